The minimum atomic E-state index is 0.584. The molecule has 0 unspecified atom stereocenters. The number of rotatable bonds is 2. The highest BCUT2D eigenvalue weighted by Gasteiger charge is 2.15. The normalized spacial score (nSPS) is 13.4. The third-order valence-corrected chi connectivity index (χ3v) is 3.15. The molecule has 2 nitrogen and oxygen atoms in total. The molecule has 0 amide bonds. The lowest BCUT2D eigenvalue weighted by atomic mass is 9.99. The molecule has 2 N–H and O–H groups in total. The third kappa shape index (κ3) is 1.77. The highest BCUT2D eigenvalue weighted by Crippen LogP contribution is 2.31. The summed E-state index contributed by atoms with van der Waals surface area (Å²) in [6.07, 6.45) is 5.03. The highest BCUT2D eigenvalue weighted by molar-refractivity contribution is 5.84. The fourth-order valence-corrected chi connectivity index (χ4v) is 2.29. The van der Waals surface area contributed by atoms with E-state index in [1.807, 2.05) is 12.3 Å². The summed E-state index contributed by atoms with van der Waals surface area (Å²) in [5, 5.41) is 0. The summed E-state index contributed by atoms with van der Waals surface area (Å²) >= 11 is 0. The van der Waals surface area contributed by atoms with Gasteiger partial charge in [-0.3, -0.25) is 4.98 Å². The van der Waals surface area contributed by atoms with Crippen molar-refractivity contribution < 1.29 is 0 Å². The van der Waals surface area contributed by atoms with Gasteiger partial charge in [0.15, 0.2) is 0 Å². The van der Waals surface area contributed by atoms with E-state index in [0.717, 1.165) is 6.42 Å². The van der Waals surface area contributed by atoms with E-state index in [-0.39, 0.29) is 0 Å². The molecule has 0 saturated carbocycles. The van der Waals surface area contributed by atoms with Gasteiger partial charge in [-0.25, -0.2) is 0 Å². The van der Waals surface area contributed by atoms with E-state index in [9.17, 15) is 0 Å². The van der Waals surface area contributed by atoms with E-state index >= 15 is 0 Å². The Morgan fingerprint density at radius 3 is 3.00 bits per heavy atom. The van der Waals surface area contributed by atoms with E-state index in [1.54, 1.807) is 0 Å². The van der Waals surface area contributed by atoms with Crippen LogP contribution in [0.1, 0.15) is 22.4 Å². The fraction of sp³-hybridized carbons (Fsp3) is 0.133. The van der Waals surface area contributed by atoms with Crippen molar-refractivity contribution in [1.29, 1.82) is 0 Å². The molecule has 17 heavy (non-hydrogen) atoms. The molecule has 0 saturated heterocycles. The molecule has 0 radical (unpaired) electrons. The zero-order valence-electron chi connectivity index (χ0n) is 9.56. The maximum Gasteiger partial charge on any atom is 0.0519 e. The predicted molar refractivity (Wildman–Crippen MR) is 69.4 cm³/mol. The number of pyridine rings is 1. The SMILES string of the molecule is NCc1cccc(C2=CCc3ncccc32)c1. The van der Waals surface area contributed by atoms with Gasteiger partial charge in [-0.15, -0.1) is 0 Å². The highest BCUT2D eigenvalue weighted by atomic mass is 14.7. The Bertz CT molecular complexity index is 585. The van der Waals surface area contributed by atoms with Crippen molar-refractivity contribution >= 4 is 5.57 Å². The molecule has 3 rings (SSSR count). The summed E-state index contributed by atoms with van der Waals surface area (Å²) in [6.45, 7) is 0.584. The average Bonchev–Trinajstić information content (AvgIpc) is 2.82. The van der Waals surface area contributed by atoms with Crippen molar-refractivity contribution in [3.8, 4) is 0 Å². The first kappa shape index (κ1) is 10.2. The first-order valence-corrected chi connectivity index (χ1v) is 5.82. The molecular formula is C15H14N2. The van der Waals surface area contributed by atoms with Crippen LogP contribution in [0.25, 0.3) is 5.57 Å². The van der Waals surface area contributed by atoms with Gasteiger partial charge in [0.05, 0.1) is 5.69 Å². The van der Waals surface area contributed by atoms with Crippen LogP contribution in [-0.4, -0.2) is 4.98 Å². The third-order valence-electron chi connectivity index (χ3n) is 3.15. The monoisotopic (exact) mass is 222 g/mol. The molecule has 2 heteroatoms. The number of aromatic nitrogens is 1. The first-order valence-electron chi connectivity index (χ1n) is 5.82. The van der Waals surface area contributed by atoms with E-state index in [4.69, 9.17) is 5.73 Å². The zero-order valence-corrected chi connectivity index (χ0v) is 9.56. The number of nitrogens with zero attached hydrogens (tertiary/aromatic N) is 1. The van der Waals surface area contributed by atoms with Gasteiger partial charge >= 0.3 is 0 Å². The molecule has 0 spiro atoms. The van der Waals surface area contributed by atoms with Crippen LogP contribution in [0.3, 0.4) is 0 Å². The van der Waals surface area contributed by atoms with Crippen LogP contribution >= 0.6 is 0 Å². The second kappa shape index (κ2) is 4.15. The van der Waals surface area contributed by atoms with Crippen molar-refractivity contribution in [1.82, 2.24) is 4.98 Å². The Kier molecular flexibility index (Phi) is 2.50. The molecule has 1 aromatic heterocycles. The van der Waals surface area contributed by atoms with E-state index in [2.05, 4.69) is 41.4 Å². The predicted octanol–water partition coefficient (Wildman–Crippen LogP) is 2.53. The van der Waals surface area contributed by atoms with Crippen LogP contribution in [0, 0.1) is 0 Å². The lowest BCUT2D eigenvalue weighted by Gasteiger charge is -2.07. The molecule has 1 aliphatic rings. The van der Waals surface area contributed by atoms with Crippen LogP contribution < -0.4 is 5.73 Å². The van der Waals surface area contributed by atoms with Crippen LogP contribution in [0.15, 0.2) is 48.7 Å². The van der Waals surface area contributed by atoms with Gasteiger partial charge in [-0.2, -0.15) is 0 Å². The van der Waals surface area contributed by atoms with Gasteiger partial charge in [0.2, 0.25) is 0 Å². The Labute approximate surface area is 101 Å². The summed E-state index contributed by atoms with van der Waals surface area (Å²) in [4.78, 5) is 4.40. The number of fused-ring (bicyclic) bond motifs is 1. The maximum absolute atomic E-state index is 5.68. The van der Waals surface area contributed by atoms with E-state index in [1.165, 1.54) is 28.0 Å². The first-order chi connectivity index (χ1) is 8.38. The fourth-order valence-electron chi connectivity index (χ4n) is 2.29. The quantitative estimate of drug-likeness (QED) is 0.848. The number of hydrogen-bond donors (Lipinski definition) is 1. The Morgan fingerprint density at radius 2 is 2.12 bits per heavy atom. The topological polar surface area (TPSA) is 38.9 Å². The number of allylic oxidation sites excluding steroid dienone is 1. The Morgan fingerprint density at radius 1 is 1.18 bits per heavy atom. The number of hydrogen-bond acceptors (Lipinski definition) is 2. The Hall–Kier alpha value is -1.93. The van der Waals surface area contributed by atoms with E-state index < -0.39 is 0 Å². The van der Waals surface area contributed by atoms with Gasteiger partial charge in [0, 0.05) is 24.7 Å². The van der Waals surface area contributed by atoms with Crippen LogP contribution in [0.2, 0.25) is 0 Å². The van der Waals surface area contributed by atoms with Crippen LogP contribution in [0.4, 0.5) is 0 Å². The number of nitrogens with two attached hydrogens (primary N) is 1. The van der Waals surface area contributed by atoms with Crippen molar-refractivity contribution in [2.75, 3.05) is 0 Å². The zero-order chi connectivity index (χ0) is 11.7. The standard InChI is InChI=1S/C15H14N2/c16-10-11-3-1-4-12(9-11)13-6-7-15-14(13)5-2-8-17-15/h1-6,8-9H,7,10,16H2. The van der Waals surface area contributed by atoms with Crippen LogP contribution in [-0.2, 0) is 13.0 Å². The van der Waals surface area contributed by atoms with Crippen molar-refractivity contribution in [2.24, 2.45) is 5.73 Å². The summed E-state index contributed by atoms with van der Waals surface area (Å²) in [7, 11) is 0. The molecule has 2 aromatic rings. The second-order valence-corrected chi connectivity index (χ2v) is 4.22. The molecule has 0 fully saturated rings. The van der Waals surface area contributed by atoms with Crippen LogP contribution in [0.5, 0.6) is 0 Å². The molecule has 0 aliphatic heterocycles. The average molecular weight is 222 g/mol. The van der Waals surface area contributed by atoms with Gasteiger partial charge < -0.3 is 5.73 Å². The number of benzene rings is 1. The van der Waals surface area contributed by atoms with Crippen molar-refractivity contribution in [3.05, 3.63) is 71.1 Å². The molecule has 0 atom stereocenters. The smallest absolute Gasteiger partial charge is 0.0519 e. The van der Waals surface area contributed by atoms with E-state index in [0.29, 0.717) is 6.54 Å². The molecule has 1 heterocycles. The summed E-state index contributed by atoms with van der Waals surface area (Å²) in [5.74, 6) is 0. The Balaban J connectivity index is 2.06. The summed E-state index contributed by atoms with van der Waals surface area (Å²) in [5.41, 5.74) is 11.8. The van der Waals surface area contributed by atoms with Crippen molar-refractivity contribution in [2.45, 2.75) is 13.0 Å². The van der Waals surface area contributed by atoms with Gasteiger partial charge in [-0.05, 0) is 28.8 Å². The lowest BCUT2D eigenvalue weighted by Crippen LogP contribution is -1.97. The molecular weight excluding hydrogens is 208 g/mol. The summed E-state index contributed by atoms with van der Waals surface area (Å²) < 4.78 is 0. The largest absolute Gasteiger partial charge is 0.326 e. The lowest BCUT2D eigenvalue weighted by molar-refractivity contribution is 1.07. The summed E-state index contributed by atoms with van der Waals surface area (Å²) in [6, 6.07) is 12.5. The minimum Gasteiger partial charge on any atom is -0.326 e. The second-order valence-electron chi connectivity index (χ2n) is 4.22. The molecule has 84 valence electrons. The molecule has 0 bridgehead atoms. The van der Waals surface area contributed by atoms with Crippen molar-refractivity contribution in [3.63, 3.8) is 0 Å². The van der Waals surface area contributed by atoms with Gasteiger partial charge in [0.25, 0.3) is 0 Å². The van der Waals surface area contributed by atoms with Gasteiger partial charge in [0.1, 0.15) is 0 Å². The minimum absolute atomic E-state index is 0.584. The van der Waals surface area contributed by atoms with Gasteiger partial charge in [-0.1, -0.05) is 30.3 Å². The molecule has 1 aliphatic carbocycles. The molecule has 1 aromatic carbocycles. The maximum atomic E-state index is 5.68.